The van der Waals surface area contributed by atoms with Crippen molar-refractivity contribution in [2.45, 2.75) is 12.3 Å². The van der Waals surface area contributed by atoms with E-state index < -0.39 is 0 Å². The number of piperazine rings is 1. The lowest BCUT2D eigenvalue weighted by atomic mass is 9.98. The maximum Gasteiger partial charge on any atom is 0.242 e. The highest BCUT2D eigenvalue weighted by molar-refractivity contribution is 14.0. The number of rotatable bonds is 5. The maximum absolute atomic E-state index is 12.8. The molecule has 2 aliphatic rings. The Morgan fingerprint density at radius 2 is 1.70 bits per heavy atom. The fourth-order valence-electron chi connectivity index (χ4n) is 4.55. The molecule has 0 radical (unpaired) electrons. The van der Waals surface area contributed by atoms with E-state index in [2.05, 4.69) is 56.5 Å². The van der Waals surface area contributed by atoms with Crippen molar-refractivity contribution in [3.63, 3.8) is 0 Å². The minimum Gasteiger partial charge on any atom is -0.497 e. The number of aliphatic imine (C=N–C) groups is 1. The van der Waals surface area contributed by atoms with Gasteiger partial charge in [-0.1, -0.05) is 30.3 Å². The van der Waals surface area contributed by atoms with Crippen molar-refractivity contribution in [3.8, 4) is 5.75 Å². The van der Waals surface area contributed by atoms with Crippen molar-refractivity contribution >= 4 is 41.5 Å². The smallest absolute Gasteiger partial charge is 0.242 e. The Labute approximate surface area is 213 Å². The zero-order valence-electron chi connectivity index (χ0n) is 19.4. The minimum absolute atomic E-state index is 0. The van der Waals surface area contributed by atoms with Crippen molar-refractivity contribution in [1.82, 2.24) is 15.1 Å². The monoisotopic (exact) mass is 563 g/mol. The summed E-state index contributed by atoms with van der Waals surface area (Å²) in [5.41, 5.74) is 2.54. The molecule has 0 bridgehead atoms. The molecule has 2 heterocycles. The van der Waals surface area contributed by atoms with Gasteiger partial charge in [0.1, 0.15) is 5.75 Å². The number of hydrogen-bond acceptors (Lipinski definition) is 4. The lowest BCUT2D eigenvalue weighted by molar-refractivity contribution is -0.130. The second kappa shape index (κ2) is 12.1. The number of carbonyl (C=O) groups is 1. The molecule has 0 spiro atoms. The Hall–Kier alpha value is -2.49. The van der Waals surface area contributed by atoms with E-state index in [0.717, 1.165) is 57.4 Å². The Balaban J connectivity index is 0.00000306. The number of methoxy groups -OCH3 is 1. The van der Waals surface area contributed by atoms with Crippen LogP contribution < -0.4 is 15.0 Å². The highest BCUT2D eigenvalue weighted by Crippen LogP contribution is 2.28. The average molecular weight is 563 g/mol. The van der Waals surface area contributed by atoms with E-state index in [4.69, 9.17) is 4.74 Å². The number of halogens is 1. The van der Waals surface area contributed by atoms with Gasteiger partial charge in [0.2, 0.25) is 5.91 Å². The molecule has 33 heavy (non-hydrogen) atoms. The van der Waals surface area contributed by atoms with E-state index in [0.29, 0.717) is 5.92 Å². The van der Waals surface area contributed by atoms with Crippen LogP contribution in [-0.4, -0.2) is 81.6 Å². The molecule has 1 amide bonds. The Morgan fingerprint density at radius 1 is 1.00 bits per heavy atom. The first-order chi connectivity index (χ1) is 15.7. The highest BCUT2D eigenvalue weighted by atomic mass is 127. The van der Waals surface area contributed by atoms with Crippen LogP contribution in [0.25, 0.3) is 0 Å². The van der Waals surface area contributed by atoms with Gasteiger partial charge in [-0.25, -0.2) is 0 Å². The summed E-state index contributed by atoms with van der Waals surface area (Å²) in [5, 5.41) is 3.29. The Morgan fingerprint density at radius 3 is 2.33 bits per heavy atom. The molecule has 1 unspecified atom stereocenters. The molecule has 1 N–H and O–H groups in total. The fraction of sp³-hybridized carbons (Fsp3) is 0.440. The number of ether oxygens (including phenoxy) is 1. The summed E-state index contributed by atoms with van der Waals surface area (Å²) in [6.07, 6.45) is 1.07. The van der Waals surface area contributed by atoms with Crippen LogP contribution in [0.1, 0.15) is 17.9 Å². The maximum atomic E-state index is 12.8. The van der Waals surface area contributed by atoms with Crippen molar-refractivity contribution < 1.29 is 9.53 Å². The molecule has 178 valence electrons. The van der Waals surface area contributed by atoms with Gasteiger partial charge in [0, 0.05) is 57.9 Å². The van der Waals surface area contributed by atoms with Gasteiger partial charge >= 0.3 is 0 Å². The van der Waals surface area contributed by atoms with E-state index in [1.165, 1.54) is 11.3 Å². The number of nitrogens with zero attached hydrogens (tertiary/aromatic N) is 4. The second-order valence-electron chi connectivity index (χ2n) is 8.31. The molecule has 2 aromatic carbocycles. The molecule has 2 aromatic rings. The van der Waals surface area contributed by atoms with Gasteiger partial charge in [0.05, 0.1) is 13.7 Å². The number of para-hydroxylation sites is 1. The molecule has 2 fully saturated rings. The first kappa shape index (κ1) is 25.1. The summed E-state index contributed by atoms with van der Waals surface area (Å²) < 4.78 is 5.26. The van der Waals surface area contributed by atoms with Gasteiger partial charge in [-0.2, -0.15) is 0 Å². The highest BCUT2D eigenvalue weighted by Gasteiger charge is 2.27. The molecule has 7 nitrogen and oxygen atoms in total. The number of amides is 1. The molecule has 0 aromatic heterocycles. The summed E-state index contributed by atoms with van der Waals surface area (Å²) >= 11 is 0. The van der Waals surface area contributed by atoms with Gasteiger partial charge in [0.15, 0.2) is 5.96 Å². The third kappa shape index (κ3) is 6.31. The molecule has 1 atom stereocenters. The van der Waals surface area contributed by atoms with Crippen LogP contribution in [0.5, 0.6) is 5.75 Å². The zero-order chi connectivity index (χ0) is 22.3. The van der Waals surface area contributed by atoms with Crippen LogP contribution in [0, 0.1) is 0 Å². The number of nitrogens with one attached hydrogen (secondary N) is 1. The standard InChI is InChI=1S/C25H33N5O2.HI/c1-26-25(30-13-12-21(19-30)20-8-10-23(32-2)11-9-20)27-18-24(31)29-16-14-28(15-17-29)22-6-4-3-5-7-22;/h3-11,21H,12-19H2,1-2H3,(H,26,27);1H. The number of benzene rings is 2. The number of carbonyl (C=O) groups excluding carboxylic acids is 1. The van der Waals surface area contributed by atoms with Gasteiger partial charge in [-0.3, -0.25) is 9.79 Å². The largest absolute Gasteiger partial charge is 0.497 e. The van der Waals surface area contributed by atoms with Crippen LogP contribution >= 0.6 is 24.0 Å². The molecular weight excluding hydrogens is 529 g/mol. The minimum atomic E-state index is 0. The molecular formula is C25H34IN5O2. The average Bonchev–Trinajstić information content (AvgIpc) is 3.35. The lowest BCUT2D eigenvalue weighted by Crippen LogP contribution is -2.52. The van der Waals surface area contributed by atoms with E-state index in [9.17, 15) is 4.79 Å². The third-order valence-corrected chi connectivity index (χ3v) is 6.44. The van der Waals surface area contributed by atoms with Crippen LogP contribution in [-0.2, 0) is 4.79 Å². The van der Waals surface area contributed by atoms with Crippen LogP contribution in [0.4, 0.5) is 5.69 Å². The predicted octanol–water partition coefficient (Wildman–Crippen LogP) is 3.03. The first-order valence-corrected chi connectivity index (χ1v) is 11.3. The molecule has 4 rings (SSSR count). The van der Waals surface area contributed by atoms with E-state index in [1.807, 2.05) is 23.1 Å². The van der Waals surface area contributed by atoms with E-state index >= 15 is 0 Å². The summed E-state index contributed by atoms with van der Waals surface area (Å²) in [6, 6.07) is 18.7. The van der Waals surface area contributed by atoms with Crippen LogP contribution in [0.3, 0.4) is 0 Å². The van der Waals surface area contributed by atoms with E-state index in [-0.39, 0.29) is 36.4 Å². The topological polar surface area (TPSA) is 60.4 Å². The van der Waals surface area contributed by atoms with Crippen LogP contribution in [0.15, 0.2) is 59.6 Å². The summed E-state index contributed by atoms with van der Waals surface area (Å²) in [6.45, 7) is 5.33. The van der Waals surface area contributed by atoms with Crippen molar-refractivity contribution in [2.75, 3.05) is 64.9 Å². The van der Waals surface area contributed by atoms with Crippen molar-refractivity contribution in [2.24, 2.45) is 4.99 Å². The molecule has 8 heteroatoms. The van der Waals surface area contributed by atoms with Crippen molar-refractivity contribution in [1.29, 1.82) is 0 Å². The van der Waals surface area contributed by atoms with Gasteiger partial charge in [-0.05, 0) is 36.2 Å². The molecule has 2 saturated heterocycles. The van der Waals surface area contributed by atoms with Crippen LogP contribution in [0.2, 0.25) is 0 Å². The van der Waals surface area contributed by atoms with Crippen molar-refractivity contribution in [3.05, 3.63) is 60.2 Å². The third-order valence-electron chi connectivity index (χ3n) is 6.44. The normalized spacial score (nSPS) is 18.7. The summed E-state index contributed by atoms with van der Waals surface area (Å²) in [7, 11) is 3.47. The first-order valence-electron chi connectivity index (χ1n) is 11.3. The number of hydrogen-bond donors (Lipinski definition) is 1. The van der Waals surface area contributed by atoms with Gasteiger partial charge in [-0.15, -0.1) is 24.0 Å². The number of likely N-dealkylation sites (tertiary alicyclic amines) is 1. The fourth-order valence-corrected chi connectivity index (χ4v) is 4.55. The Bertz CT molecular complexity index is 914. The number of anilines is 1. The van der Waals surface area contributed by atoms with E-state index in [1.54, 1.807) is 14.2 Å². The Kier molecular flexibility index (Phi) is 9.22. The predicted molar refractivity (Wildman–Crippen MR) is 144 cm³/mol. The molecule has 0 aliphatic carbocycles. The number of guanidine groups is 1. The molecule has 0 saturated carbocycles. The second-order valence-corrected chi connectivity index (χ2v) is 8.31. The zero-order valence-corrected chi connectivity index (χ0v) is 21.8. The quantitative estimate of drug-likeness (QED) is 0.345. The lowest BCUT2D eigenvalue weighted by Gasteiger charge is -2.36. The SMILES string of the molecule is CN=C(NCC(=O)N1CCN(c2ccccc2)CC1)N1CCC(c2ccc(OC)cc2)C1.I. The molecule has 2 aliphatic heterocycles. The summed E-state index contributed by atoms with van der Waals surface area (Å²) in [5.74, 6) is 2.27. The van der Waals surface area contributed by atoms with Gasteiger partial charge in [0.25, 0.3) is 0 Å². The van der Waals surface area contributed by atoms with Gasteiger partial charge < -0.3 is 24.8 Å². The summed E-state index contributed by atoms with van der Waals surface area (Å²) in [4.78, 5) is 23.7.